The summed E-state index contributed by atoms with van der Waals surface area (Å²) in [6, 6.07) is 16.2. The molecule has 0 unspecified atom stereocenters. The highest BCUT2D eigenvalue weighted by Crippen LogP contribution is 2.23. The second kappa shape index (κ2) is 7.93. The zero-order valence-electron chi connectivity index (χ0n) is 14.5. The first-order valence-electron chi connectivity index (χ1n) is 8.48. The number of hydroxylamine groups is 1. The number of nitrogens with zero attached hydrogens (tertiary/aromatic N) is 1. The number of imide groups is 1. The predicted molar refractivity (Wildman–Crippen MR) is 95.0 cm³/mol. The average Bonchev–Trinajstić information content (AvgIpc) is 2.91. The summed E-state index contributed by atoms with van der Waals surface area (Å²) in [6.07, 6.45) is 0.367. The standard InChI is InChI=1S/C20H20N2O4/c1-14(18(23)21-26-13-15-7-3-2-4-8-15)11-12-22-19(24)16-9-5-6-10-17(16)20(22)25/h2-10,14H,11-13H2,1H3,(H,21,23)/t14-/m0/s1. The number of rotatable bonds is 7. The van der Waals surface area contributed by atoms with E-state index in [-0.39, 0.29) is 30.9 Å². The van der Waals surface area contributed by atoms with Gasteiger partial charge in [-0.05, 0) is 24.1 Å². The minimum absolute atomic E-state index is 0.194. The zero-order valence-corrected chi connectivity index (χ0v) is 14.5. The normalized spacial score (nSPS) is 14.3. The lowest BCUT2D eigenvalue weighted by atomic mass is 10.1. The maximum absolute atomic E-state index is 12.3. The maximum Gasteiger partial charge on any atom is 0.261 e. The number of fused-ring (bicyclic) bond motifs is 1. The van der Waals surface area contributed by atoms with Crippen LogP contribution in [0, 0.1) is 5.92 Å². The molecular formula is C20H20N2O4. The van der Waals surface area contributed by atoms with E-state index in [1.165, 1.54) is 4.90 Å². The van der Waals surface area contributed by atoms with Crippen molar-refractivity contribution in [1.82, 2.24) is 10.4 Å². The van der Waals surface area contributed by atoms with E-state index >= 15 is 0 Å². The number of carbonyl (C=O) groups is 3. The first-order chi connectivity index (χ1) is 12.6. The van der Waals surface area contributed by atoms with Crippen molar-refractivity contribution in [3.05, 3.63) is 71.3 Å². The Morgan fingerprint density at radius 2 is 1.58 bits per heavy atom. The molecule has 0 saturated carbocycles. The topological polar surface area (TPSA) is 75.7 Å². The van der Waals surface area contributed by atoms with Gasteiger partial charge in [-0.15, -0.1) is 0 Å². The van der Waals surface area contributed by atoms with E-state index < -0.39 is 5.92 Å². The van der Waals surface area contributed by atoms with Crippen LogP contribution in [0.2, 0.25) is 0 Å². The Morgan fingerprint density at radius 1 is 1.00 bits per heavy atom. The molecule has 0 aromatic heterocycles. The van der Waals surface area contributed by atoms with Crippen LogP contribution < -0.4 is 5.48 Å². The van der Waals surface area contributed by atoms with Crippen LogP contribution in [-0.4, -0.2) is 29.2 Å². The minimum atomic E-state index is -0.393. The van der Waals surface area contributed by atoms with Gasteiger partial charge in [0, 0.05) is 12.5 Å². The van der Waals surface area contributed by atoms with Gasteiger partial charge in [-0.2, -0.15) is 0 Å². The summed E-state index contributed by atoms with van der Waals surface area (Å²) in [5.74, 6) is -1.29. The summed E-state index contributed by atoms with van der Waals surface area (Å²) in [5.41, 5.74) is 4.20. The largest absolute Gasteiger partial charge is 0.274 e. The van der Waals surface area contributed by atoms with Crippen LogP contribution in [0.3, 0.4) is 0 Å². The molecule has 6 heteroatoms. The lowest BCUT2D eigenvalue weighted by Crippen LogP contribution is -2.35. The van der Waals surface area contributed by atoms with Crippen LogP contribution in [0.5, 0.6) is 0 Å². The smallest absolute Gasteiger partial charge is 0.261 e. The molecule has 1 aliphatic rings. The van der Waals surface area contributed by atoms with Crippen molar-refractivity contribution >= 4 is 17.7 Å². The van der Waals surface area contributed by atoms with E-state index in [9.17, 15) is 14.4 Å². The van der Waals surface area contributed by atoms with Crippen LogP contribution in [0.4, 0.5) is 0 Å². The van der Waals surface area contributed by atoms with Crippen LogP contribution in [0.25, 0.3) is 0 Å². The van der Waals surface area contributed by atoms with E-state index in [1.54, 1.807) is 31.2 Å². The Morgan fingerprint density at radius 3 is 2.19 bits per heavy atom. The molecule has 26 heavy (non-hydrogen) atoms. The quantitative estimate of drug-likeness (QED) is 0.614. The van der Waals surface area contributed by atoms with Crippen LogP contribution >= 0.6 is 0 Å². The highest BCUT2D eigenvalue weighted by atomic mass is 16.6. The van der Waals surface area contributed by atoms with Gasteiger partial charge >= 0.3 is 0 Å². The summed E-state index contributed by atoms with van der Waals surface area (Å²) < 4.78 is 0. The van der Waals surface area contributed by atoms with Crippen molar-refractivity contribution < 1.29 is 19.2 Å². The molecule has 0 aliphatic carbocycles. The van der Waals surface area contributed by atoms with Gasteiger partial charge in [0.2, 0.25) is 5.91 Å². The summed E-state index contributed by atoms with van der Waals surface area (Å²) in [6.45, 7) is 2.21. The minimum Gasteiger partial charge on any atom is -0.274 e. The highest BCUT2D eigenvalue weighted by Gasteiger charge is 2.35. The molecule has 1 aliphatic heterocycles. The fraction of sp³-hybridized carbons (Fsp3) is 0.250. The first-order valence-corrected chi connectivity index (χ1v) is 8.48. The Kier molecular flexibility index (Phi) is 5.43. The van der Waals surface area contributed by atoms with Gasteiger partial charge in [-0.1, -0.05) is 49.4 Å². The van der Waals surface area contributed by atoms with Gasteiger partial charge in [-0.3, -0.25) is 24.1 Å². The van der Waals surface area contributed by atoms with Crippen molar-refractivity contribution in [3.8, 4) is 0 Å². The molecule has 0 radical (unpaired) electrons. The fourth-order valence-electron chi connectivity index (χ4n) is 2.76. The second-order valence-corrected chi connectivity index (χ2v) is 6.24. The van der Waals surface area contributed by atoms with Gasteiger partial charge < -0.3 is 0 Å². The predicted octanol–water partition coefficient (Wildman–Crippen LogP) is 2.56. The van der Waals surface area contributed by atoms with E-state index in [0.717, 1.165) is 5.56 Å². The van der Waals surface area contributed by atoms with Gasteiger partial charge in [0.25, 0.3) is 11.8 Å². The molecule has 6 nitrogen and oxygen atoms in total. The third-order valence-electron chi connectivity index (χ3n) is 4.37. The molecule has 0 saturated heterocycles. The van der Waals surface area contributed by atoms with Crippen LogP contribution in [0.1, 0.15) is 39.6 Å². The average molecular weight is 352 g/mol. The zero-order chi connectivity index (χ0) is 18.5. The number of nitrogens with one attached hydrogen (secondary N) is 1. The molecule has 134 valence electrons. The Bertz CT molecular complexity index is 785. The molecule has 1 heterocycles. The number of hydrogen-bond donors (Lipinski definition) is 1. The fourth-order valence-corrected chi connectivity index (χ4v) is 2.76. The van der Waals surface area contributed by atoms with Gasteiger partial charge in [0.05, 0.1) is 17.7 Å². The molecule has 3 amide bonds. The monoisotopic (exact) mass is 352 g/mol. The Balaban J connectivity index is 1.46. The molecule has 0 bridgehead atoms. The molecule has 0 fully saturated rings. The number of amides is 3. The Hall–Kier alpha value is -2.99. The third-order valence-corrected chi connectivity index (χ3v) is 4.37. The third kappa shape index (κ3) is 3.81. The van der Waals surface area contributed by atoms with Crippen molar-refractivity contribution in [2.45, 2.75) is 20.0 Å². The molecule has 1 N–H and O–H groups in total. The summed E-state index contributed by atoms with van der Waals surface area (Å²) in [4.78, 5) is 43.1. The summed E-state index contributed by atoms with van der Waals surface area (Å²) in [5, 5.41) is 0. The highest BCUT2D eigenvalue weighted by molar-refractivity contribution is 6.21. The van der Waals surface area contributed by atoms with Crippen molar-refractivity contribution in [1.29, 1.82) is 0 Å². The van der Waals surface area contributed by atoms with Crippen LogP contribution in [0.15, 0.2) is 54.6 Å². The number of hydrogen-bond acceptors (Lipinski definition) is 4. The van der Waals surface area contributed by atoms with Crippen molar-refractivity contribution in [3.63, 3.8) is 0 Å². The molecular weight excluding hydrogens is 332 g/mol. The maximum atomic E-state index is 12.3. The van der Waals surface area contributed by atoms with Crippen molar-refractivity contribution in [2.75, 3.05) is 6.54 Å². The van der Waals surface area contributed by atoms with E-state index in [2.05, 4.69) is 5.48 Å². The van der Waals surface area contributed by atoms with Gasteiger partial charge in [-0.25, -0.2) is 5.48 Å². The van der Waals surface area contributed by atoms with E-state index in [1.807, 2.05) is 30.3 Å². The molecule has 1 atom stereocenters. The lowest BCUT2D eigenvalue weighted by molar-refractivity contribution is -0.138. The molecule has 0 spiro atoms. The van der Waals surface area contributed by atoms with Gasteiger partial charge in [0.1, 0.15) is 0 Å². The van der Waals surface area contributed by atoms with Gasteiger partial charge in [0.15, 0.2) is 0 Å². The second-order valence-electron chi connectivity index (χ2n) is 6.24. The molecule has 3 rings (SSSR count). The Labute approximate surface area is 151 Å². The van der Waals surface area contributed by atoms with E-state index in [0.29, 0.717) is 17.5 Å². The lowest BCUT2D eigenvalue weighted by Gasteiger charge is -2.17. The molecule has 2 aromatic rings. The molecule has 2 aromatic carbocycles. The first kappa shape index (κ1) is 17.8. The SMILES string of the molecule is C[C@@H](CCN1C(=O)c2ccccc2C1=O)C(=O)NOCc1ccccc1. The van der Waals surface area contributed by atoms with Crippen LogP contribution in [-0.2, 0) is 16.2 Å². The van der Waals surface area contributed by atoms with Crippen molar-refractivity contribution in [2.24, 2.45) is 5.92 Å². The number of carbonyl (C=O) groups excluding carboxylic acids is 3. The number of benzene rings is 2. The summed E-state index contributed by atoms with van der Waals surface area (Å²) in [7, 11) is 0. The van der Waals surface area contributed by atoms with E-state index in [4.69, 9.17) is 4.84 Å². The summed E-state index contributed by atoms with van der Waals surface area (Å²) >= 11 is 0.